The molecule has 94 valence electrons. The first-order chi connectivity index (χ1) is 8.16. The third-order valence-electron chi connectivity index (χ3n) is 3.13. The molecule has 0 aliphatic carbocycles. The predicted molar refractivity (Wildman–Crippen MR) is 71.1 cm³/mol. The zero-order valence-electron chi connectivity index (χ0n) is 10.0. The predicted octanol–water partition coefficient (Wildman–Crippen LogP) is 1.99. The van der Waals surface area contributed by atoms with Crippen LogP contribution < -0.4 is 5.32 Å². The highest BCUT2D eigenvalue weighted by Crippen LogP contribution is 2.13. The number of carbonyl (C=O) groups excluding carboxylic acids is 1. The van der Waals surface area contributed by atoms with Gasteiger partial charge in [-0.25, -0.2) is 0 Å². The van der Waals surface area contributed by atoms with Crippen LogP contribution in [0, 0.1) is 0 Å². The van der Waals surface area contributed by atoms with E-state index < -0.39 is 0 Å². The molecule has 0 aromatic carbocycles. The fourth-order valence-electron chi connectivity index (χ4n) is 2.19. The molecule has 0 bridgehead atoms. The minimum atomic E-state index is 0.0445. The minimum Gasteiger partial charge on any atom is -0.356 e. The molecule has 1 saturated heterocycles. The van der Waals surface area contributed by atoms with Crippen molar-refractivity contribution in [3.05, 3.63) is 22.4 Å². The van der Waals surface area contributed by atoms with E-state index in [1.54, 1.807) is 11.1 Å². The molecule has 2 rings (SSSR count). The van der Waals surface area contributed by atoms with Crippen molar-refractivity contribution in [3.8, 4) is 0 Å². The lowest BCUT2D eigenvalue weighted by molar-refractivity contribution is 0.0770. The van der Waals surface area contributed by atoms with E-state index in [4.69, 9.17) is 0 Å². The molecule has 1 unspecified atom stereocenters. The molecule has 0 saturated carbocycles. The summed E-state index contributed by atoms with van der Waals surface area (Å²) in [6, 6.07) is 2.25. The number of nitrogens with one attached hydrogen (secondary N) is 2. The van der Waals surface area contributed by atoms with Crippen LogP contribution in [0.4, 0.5) is 0 Å². The Bertz CT molecular complexity index is 385. The molecule has 1 aliphatic rings. The van der Waals surface area contributed by atoms with Crippen LogP contribution in [0.2, 0.25) is 0 Å². The molecule has 1 atom stereocenters. The van der Waals surface area contributed by atoms with Crippen LogP contribution in [-0.4, -0.2) is 42.0 Å². The summed E-state index contributed by atoms with van der Waals surface area (Å²) in [5.41, 5.74) is 0.634. The van der Waals surface area contributed by atoms with Crippen LogP contribution >= 0.6 is 15.9 Å². The second kappa shape index (κ2) is 5.69. The summed E-state index contributed by atoms with van der Waals surface area (Å²) >= 11 is 3.33. The molecule has 2 heterocycles. The molecule has 4 nitrogen and oxygen atoms in total. The lowest BCUT2D eigenvalue weighted by Crippen LogP contribution is -2.44. The summed E-state index contributed by atoms with van der Waals surface area (Å²) in [7, 11) is 1.85. The number of rotatable bonds is 3. The van der Waals surface area contributed by atoms with Crippen LogP contribution in [0.3, 0.4) is 0 Å². The summed E-state index contributed by atoms with van der Waals surface area (Å²) in [6.07, 6.45) is 5.44. The van der Waals surface area contributed by atoms with Gasteiger partial charge in [0, 0.05) is 30.3 Å². The van der Waals surface area contributed by atoms with Gasteiger partial charge in [-0.15, -0.1) is 0 Å². The van der Waals surface area contributed by atoms with Crippen molar-refractivity contribution in [2.24, 2.45) is 0 Å². The number of hydrogen-bond donors (Lipinski definition) is 2. The van der Waals surface area contributed by atoms with Gasteiger partial charge in [0.25, 0.3) is 5.91 Å². The average Bonchev–Trinajstić information content (AvgIpc) is 2.76. The van der Waals surface area contributed by atoms with E-state index in [2.05, 4.69) is 26.2 Å². The second-order valence-corrected chi connectivity index (χ2v) is 5.48. The lowest BCUT2D eigenvalue weighted by Gasteiger charge is -2.28. The SMILES string of the molecule is CN(CC1CCCCN1)C(=O)c1cc(Br)c[nH]1. The molecule has 5 heteroatoms. The van der Waals surface area contributed by atoms with Crippen LogP contribution in [-0.2, 0) is 0 Å². The van der Waals surface area contributed by atoms with Gasteiger partial charge in [0.2, 0.25) is 0 Å². The Kier molecular flexibility index (Phi) is 4.23. The number of hydrogen-bond acceptors (Lipinski definition) is 2. The standard InChI is InChI=1S/C12H18BrN3O/c1-16(8-10-4-2-3-5-14-10)12(17)11-6-9(13)7-15-11/h6-7,10,14-15H,2-5,8H2,1H3. The van der Waals surface area contributed by atoms with E-state index in [1.807, 2.05) is 13.1 Å². The van der Waals surface area contributed by atoms with Crippen LogP contribution in [0.1, 0.15) is 29.8 Å². The largest absolute Gasteiger partial charge is 0.356 e. The monoisotopic (exact) mass is 299 g/mol. The Balaban J connectivity index is 1.90. The fourth-order valence-corrected chi connectivity index (χ4v) is 2.53. The molecule has 1 aromatic heterocycles. The maximum Gasteiger partial charge on any atom is 0.270 e. The number of H-pyrrole nitrogens is 1. The molecule has 0 spiro atoms. The fraction of sp³-hybridized carbons (Fsp3) is 0.583. The van der Waals surface area contributed by atoms with E-state index in [1.165, 1.54) is 12.8 Å². The number of likely N-dealkylation sites (N-methyl/N-ethyl adjacent to an activating group) is 1. The van der Waals surface area contributed by atoms with E-state index in [0.29, 0.717) is 11.7 Å². The van der Waals surface area contributed by atoms with Crippen LogP contribution in [0.25, 0.3) is 0 Å². The van der Waals surface area contributed by atoms with Crippen molar-refractivity contribution in [1.29, 1.82) is 0 Å². The highest BCUT2D eigenvalue weighted by molar-refractivity contribution is 9.10. The molecule has 1 fully saturated rings. The summed E-state index contributed by atoms with van der Waals surface area (Å²) in [6.45, 7) is 1.84. The summed E-state index contributed by atoms with van der Waals surface area (Å²) in [5.74, 6) is 0.0445. The maximum atomic E-state index is 12.1. The summed E-state index contributed by atoms with van der Waals surface area (Å²) < 4.78 is 0.907. The third kappa shape index (κ3) is 3.33. The van der Waals surface area contributed by atoms with E-state index in [-0.39, 0.29) is 5.91 Å². The van der Waals surface area contributed by atoms with Crippen LogP contribution in [0.15, 0.2) is 16.7 Å². The molecular weight excluding hydrogens is 282 g/mol. The highest BCUT2D eigenvalue weighted by atomic mass is 79.9. The Morgan fingerprint density at radius 2 is 2.41 bits per heavy atom. The van der Waals surface area contributed by atoms with Gasteiger partial charge in [-0.3, -0.25) is 4.79 Å². The Morgan fingerprint density at radius 3 is 3.00 bits per heavy atom. The summed E-state index contributed by atoms with van der Waals surface area (Å²) in [4.78, 5) is 16.8. The average molecular weight is 300 g/mol. The van der Waals surface area contributed by atoms with Gasteiger partial charge in [-0.05, 0) is 41.4 Å². The van der Waals surface area contributed by atoms with E-state index in [9.17, 15) is 4.79 Å². The van der Waals surface area contributed by atoms with Crippen LogP contribution in [0.5, 0.6) is 0 Å². The number of nitrogens with zero attached hydrogens (tertiary/aromatic N) is 1. The van der Waals surface area contributed by atoms with Crippen molar-refractivity contribution in [3.63, 3.8) is 0 Å². The maximum absolute atomic E-state index is 12.1. The number of carbonyl (C=O) groups is 1. The molecule has 1 aromatic rings. The minimum absolute atomic E-state index is 0.0445. The molecular formula is C12H18BrN3O. The van der Waals surface area contributed by atoms with E-state index in [0.717, 1.165) is 24.0 Å². The van der Waals surface area contributed by atoms with E-state index >= 15 is 0 Å². The highest BCUT2D eigenvalue weighted by Gasteiger charge is 2.19. The first-order valence-corrected chi connectivity index (χ1v) is 6.79. The van der Waals surface area contributed by atoms with Gasteiger partial charge in [0.1, 0.15) is 5.69 Å². The second-order valence-electron chi connectivity index (χ2n) is 4.56. The zero-order valence-corrected chi connectivity index (χ0v) is 11.6. The lowest BCUT2D eigenvalue weighted by atomic mass is 10.0. The Morgan fingerprint density at radius 1 is 1.59 bits per heavy atom. The quantitative estimate of drug-likeness (QED) is 0.897. The molecule has 0 radical (unpaired) electrons. The Hall–Kier alpha value is -0.810. The van der Waals surface area contributed by atoms with Crippen molar-refractivity contribution < 1.29 is 4.79 Å². The first-order valence-electron chi connectivity index (χ1n) is 5.99. The molecule has 2 N–H and O–H groups in total. The van der Waals surface area contributed by atoms with Crippen molar-refractivity contribution in [1.82, 2.24) is 15.2 Å². The third-order valence-corrected chi connectivity index (χ3v) is 3.59. The molecule has 1 aliphatic heterocycles. The van der Waals surface area contributed by atoms with Gasteiger partial charge < -0.3 is 15.2 Å². The zero-order chi connectivity index (χ0) is 12.3. The number of piperidine rings is 1. The van der Waals surface area contributed by atoms with Gasteiger partial charge in [-0.2, -0.15) is 0 Å². The number of amides is 1. The number of halogens is 1. The van der Waals surface area contributed by atoms with Gasteiger partial charge in [0.05, 0.1) is 0 Å². The summed E-state index contributed by atoms with van der Waals surface area (Å²) in [5, 5.41) is 3.45. The van der Waals surface area contributed by atoms with Gasteiger partial charge >= 0.3 is 0 Å². The molecule has 1 amide bonds. The number of aromatic amines is 1. The normalized spacial score (nSPS) is 20.2. The first kappa shape index (κ1) is 12.6. The molecule has 17 heavy (non-hydrogen) atoms. The van der Waals surface area contributed by atoms with Crippen molar-refractivity contribution in [2.75, 3.05) is 20.1 Å². The Labute approximate surface area is 110 Å². The topological polar surface area (TPSA) is 48.1 Å². The number of aromatic nitrogens is 1. The van der Waals surface area contributed by atoms with Crippen molar-refractivity contribution in [2.45, 2.75) is 25.3 Å². The van der Waals surface area contributed by atoms with Gasteiger partial charge in [-0.1, -0.05) is 6.42 Å². The van der Waals surface area contributed by atoms with Gasteiger partial charge in [0.15, 0.2) is 0 Å². The van der Waals surface area contributed by atoms with Crippen molar-refractivity contribution >= 4 is 21.8 Å². The smallest absolute Gasteiger partial charge is 0.270 e.